The smallest absolute Gasteiger partial charge is 0.344 e. The van der Waals surface area contributed by atoms with Crippen LogP contribution in [0.5, 0.6) is 5.75 Å². The van der Waals surface area contributed by atoms with Gasteiger partial charge in [0.25, 0.3) is 5.91 Å². The second-order valence-electron chi connectivity index (χ2n) is 6.77. The average Bonchev–Trinajstić information content (AvgIpc) is 2.77. The Morgan fingerprint density at radius 1 is 0.966 bits per heavy atom. The normalized spacial score (nSPS) is 13.9. The predicted octanol–water partition coefficient (Wildman–Crippen LogP) is 3.17. The summed E-state index contributed by atoms with van der Waals surface area (Å²) in [6.07, 6.45) is 0.942. The van der Waals surface area contributed by atoms with Gasteiger partial charge in [-0.3, -0.25) is 4.79 Å². The van der Waals surface area contributed by atoms with Crippen molar-refractivity contribution in [2.75, 3.05) is 44.3 Å². The van der Waals surface area contributed by atoms with Gasteiger partial charge in [0, 0.05) is 26.2 Å². The van der Waals surface area contributed by atoms with Gasteiger partial charge in [-0.05, 0) is 36.2 Å². The molecule has 0 unspecified atom stereocenters. The zero-order chi connectivity index (χ0) is 20.6. The summed E-state index contributed by atoms with van der Waals surface area (Å²) < 4.78 is 10.5. The molecule has 0 radical (unpaired) electrons. The van der Waals surface area contributed by atoms with E-state index in [1.54, 1.807) is 4.90 Å². The van der Waals surface area contributed by atoms with Crippen molar-refractivity contribution in [3.05, 3.63) is 59.1 Å². The molecule has 154 valence electrons. The van der Waals surface area contributed by atoms with E-state index in [-0.39, 0.29) is 19.1 Å². The number of para-hydroxylation sites is 1. The molecule has 1 amide bonds. The maximum Gasteiger partial charge on any atom is 0.344 e. The Kier molecular flexibility index (Phi) is 7.36. The maximum absolute atomic E-state index is 12.3. The molecule has 7 heteroatoms. The molecule has 1 aliphatic heterocycles. The highest BCUT2D eigenvalue weighted by Crippen LogP contribution is 2.26. The molecular weight excluding hydrogens is 392 g/mol. The van der Waals surface area contributed by atoms with Gasteiger partial charge in [0.2, 0.25) is 0 Å². The number of hydrogen-bond donors (Lipinski definition) is 0. The summed E-state index contributed by atoms with van der Waals surface area (Å²) in [7, 11) is 0. The summed E-state index contributed by atoms with van der Waals surface area (Å²) in [6.45, 7) is 4.05. The number of amides is 1. The molecule has 1 heterocycles. The zero-order valence-corrected chi connectivity index (χ0v) is 17.2. The average molecular weight is 417 g/mol. The lowest BCUT2D eigenvalue weighted by molar-refractivity contribution is -0.153. The van der Waals surface area contributed by atoms with Crippen molar-refractivity contribution in [3.63, 3.8) is 0 Å². The number of ether oxygens (including phenoxy) is 2. The number of anilines is 1. The van der Waals surface area contributed by atoms with E-state index in [9.17, 15) is 9.59 Å². The minimum atomic E-state index is -0.562. The number of benzene rings is 2. The highest BCUT2D eigenvalue weighted by atomic mass is 35.5. The maximum atomic E-state index is 12.3. The Labute approximate surface area is 176 Å². The number of piperazine rings is 1. The van der Waals surface area contributed by atoms with Gasteiger partial charge in [-0.25, -0.2) is 4.79 Å². The van der Waals surface area contributed by atoms with Crippen LogP contribution in [0, 0.1) is 0 Å². The first-order chi connectivity index (χ1) is 14.1. The summed E-state index contributed by atoms with van der Waals surface area (Å²) in [4.78, 5) is 28.0. The molecule has 1 saturated heterocycles. The lowest BCUT2D eigenvalue weighted by atomic mass is 10.2. The second-order valence-corrected chi connectivity index (χ2v) is 7.17. The van der Waals surface area contributed by atoms with Crippen LogP contribution in [0.25, 0.3) is 0 Å². The Hall–Kier alpha value is -2.73. The van der Waals surface area contributed by atoms with Gasteiger partial charge in [-0.1, -0.05) is 42.8 Å². The highest BCUT2D eigenvalue weighted by molar-refractivity contribution is 6.33. The number of aryl methyl sites for hydroxylation is 1. The Balaban J connectivity index is 1.38. The van der Waals surface area contributed by atoms with Crippen LogP contribution in [0.15, 0.2) is 48.5 Å². The minimum Gasteiger partial charge on any atom is -0.482 e. The molecule has 0 saturated carbocycles. The van der Waals surface area contributed by atoms with Crippen LogP contribution < -0.4 is 9.64 Å². The molecule has 1 aliphatic rings. The van der Waals surface area contributed by atoms with Gasteiger partial charge in [-0.15, -0.1) is 0 Å². The molecular formula is C22H25ClN2O4. The van der Waals surface area contributed by atoms with E-state index < -0.39 is 5.97 Å². The number of carbonyl (C=O) groups excluding carboxylic acids is 2. The van der Waals surface area contributed by atoms with Gasteiger partial charge in [0.05, 0.1) is 10.7 Å². The summed E-state index contributed by atoms with van der Waals surface area (Å²) >= 11 is 6.24. The van der Waals surface area contributed by atoms with E-state index in [1.165, 1.54) is 5.56 Å². The minimum absolute atomic E-state index is 0.204. The number of esters is 1. The van der Waals surface area contributed by atoms with Crippen molar-refractivity contribution in [2.45, 2.75) is 13.3 Å². The molecule has 0 N–H and O–H groups in total. The molecule has 0 bridgehead atoms. The fourth-order valence-electron chi connectivity index (χ4n) is 3.14. The number of carbonyl (C=O) groups is 2. The number of nitrogens with zero attached hydrogens (tertiary/aromatic N) is 2. The summed E-state index contributed by atoms with van der Waals surface area (Å²) in [5.41, 5.74) is 2.16. The quantitative estimate of drug-likeness (QED) is 0.649. The molecule has 0 aliphatic carbocycles. The van der Waals surface area contributed by atoms with Crippen molar-refractivity contribution in [2.24, 2.45) is 0 Å². The topological polar surface area (TPSA) is 59.1 Å². The molecule has 6 nitrogen and oxygen atoms in total. The van der Waals surface area contributed by atoms with Gasteiger partial charge in [0.15, 0.2) is 13.2 Å². The third-order valence-electron chi connectivity index (χ3n) is 4.87. The molecule has 2 aromatic rings. The molecule has 29 heavy (non-hydrogen) atoms. The summed E-state index contributed by atoms with van der Waals surface area (Å²) in [6, 6.07) is 15.2. The second kappa shape index (κ2) is 10.2. The van der Waals surface area contributed by atoms with Crippen LogP contribution in [-0.4, -0.2) is 56.2 Å². The SMILES string of the molecule is CCc1ccc(OCC(=O)OCC(=O)N2CCN(c3ccccc3Cl)CC2)cc1. The Bertz CT molecular complexity index is 833. The first-order valence-corrected chi connectivity index (χ1v) is 10.1. The van der Waals surface area contributed by atoms with E-state index in [0.29, 0.717) is 37.0 Å². The first-order valence-electron chi connectivity index (χ1n) is 9.71. The fourth-order valence-corrected chi connectivity index (χ4v) is 3.40. The number of halogens is 1. The van der Waals surface area contributed by atoms with E-state index in [1.807, 2.05) is 48.5 Å². The molecule has 0 spiro atoms. The third kappa shape index (κ3) is 5.87. The number of hydrogen-bond acceptors (Lipinski definition) is 5. The van der Waals surface area contributed by atoms with Gasteiger partial charge < -0.3 is 19.3 Å². The molecule has 0 atom stereocenters. The summed E-state index contributed by atoms with van der Waals surface area (Å²) in [5, 5.41) is 0.700. The first kappa shape index (κ1) is 21.0. The van der Waals surface area contributed by atoms with Crippen LogP contribution >= 0.6 is 11.6 Å². The van der Waals surface area contributed by atoms with E-state index >= 15 is 0 Å². The Morgan fingerprint density at radius 3 is 2.31 bits per heavy atom. The lowest BCUT2D eigenvalue weighted by Crippen LogP contribution is -2.50. The van der Waals surface area contributed by atoms with Crippen LogP contribution in [-0.2, 0) is 20.7 Å². The van der Waals surface area contributed by atoms with Crippen molar-refractivity contribution in [1.29, 1.82) is 0 Å². The monoisotopic (exact) mass is 416 g/mol. The van der Waals surface area contributed by atoms with E-state index in [4.69, 9.17) is 21.1 Å². The van der Waals surface area contributed by atoms with Crippen molar-refractivity contribution < 1.29 is 19.1 Å². The van der Waals surface area contributed by atoms with Crippen LogP contribution in [0.1, 0.15) is 12.5 Å². The van der Waals surface area contributed by atoms with Crippen LogP contribution in [0.2, 0.25) is 5.02 Å². The van der Waals surface area contributed by atoms with Crippen LogP contribution in [0.3, 0.4) is 0 Å². The van der Waals surface area contributed by atoms with Crippen LogP contribution in [0.4, 0.5) is 5.69 Å². The van der Waals surface area contributed by atoms with E-state index in [0.717, 1.165) is 12.1 Å². The number of rotatable bonds is 7. The molecule has 1 fully saturated rings. The Morgan fingerprint density at radius 2 is 1.66 bits per heavy atom. The van der Waals surface area contributed by atoms with Crippen molar-refractivity contribution >= 4 is 29.2 Å². The van der Waals surface area contributed by atoms with Gasteiger partial charge in [0.1, 0.15) is 5.75 Å². The van der Waals surface area contributed by atoms with Gasteiger partial charge >= 0.3 is 5.97 Å². The zero-order valence-electron chi connectivity index (χ0n) is 16.5. The van der Waals surface area contributed by atoms with E-state index in [2.05, 4.69) is 11.8 Å². The predicted molar refractivity (Wildman–Crippen MR) is 113 cm³/mol. The highest BCUT2D eigenvalue weighted by Gasteiger charge is 2.23. The largest absolute Gasteiger partial charge is 0.482 e. The molecule has 0 aromatic heterocycles. The third-order valence-corrected chi connectivity index (χ3v) is 5.19. The molecule has 2 aromatic carbocycles. The molecule has 3 rings (SSSR count). The lowest BCUT2D eigenvalue weighted by Gasteiger charge is -2.36. The van der Waals surface area contributed by atoms with Gasteiger partial charge in [-0.2, -0.15) is 0 Å². The fraction of sp³-hybridized carbons (Fsp3) is 0.364. The summed E-state index contributed by atoms with van der Waals surface area (Å²) in [5.74, 6) is -0.168. The standard InChI is InChI=1S/C22H25ClN2O4/c1-2-17-7-9-18(10-8-17)28-16-22(27)29-15-21(26)25-13-11-24(12-14-25)20-6-4-3-5-19(20)23/h3-10H,2,11-16H2,1H3. The van der Waals surface area contributed by atoms with Crippen molar-refractivity contribution in [1.82, 2.24) is 4.90 Å². The van der Waals surface area contributed by atoms with Crippen molar-refractivity contribution in [3.8, 4) is 5.75 Å².